The fourth-order valence-electron chi connectivity index (χ4n) is 2.88. The fourth-order valence-corrected chi connectivity index (χ4v) is 2.88. The maximum absolute atomic E-state index is 12.7. The summed E-state index contributed by atoms with van der Waals surface area (Å²) in [7, 11) is 3.95. The molecule has 1 saturated heterocycles. The molecule has 0 bridgehead atoms. The number of β-amino-alcohol motifs (C(OH)–C–C–N with tert-alkyl or cyclic N) is 1. The van der Waals surface area contributed by atoms with E-state index in [0.29, 0.717) is 18.5 Å². The van der Waals surface area contributed by atoms with Gasteiger partial charge in [-0.15, -0.1) is 0 Å². The number of anilines is 1. The number of aryl methyl sites for hydroxylation is 1. The summed E-state index contributed by atoms with van der Waals surface area (Å²) < 4.78 is 0. The minimum Gasteiger partial charge on any atom is -0.391 e. The van der Waals surface area contributed by atoms with Crippen LogP contribution < -0.4 is 11.3 Å². The van der Waals surface area contributed by atoms with Crippen molar-refractivity contribution in [2.24, 2.45) is 5.84 Å². The molecule has 0 aromatic heterocycles. The monoisotopic (exact) mass is 292 g/mol. The molecule has 0 spiro atoms. The summed E-state index contributed by atoms with van der Waals surface area (Å²) >= 11 is 0. The predicted octanol–water partition coefficient (Wildman–Crippen LogP) is 0.418. The highest BCUT2D eigenvalue weighted by atomic mass is 16.3. The third-order valence-corrected chi connectivity index (χ3v) is 3.85. The zero-order chi connectivity index (χ0) is 15.6. The van der Waals surface area contributed by atoms with Crippen LogP contribution in [-0.2, 0) is 0 Å². The lowest BCUT2D eigenvalue weighted by molar-refractivity contribution is 0.0698. The van der Waals surface area contributed by atoms with Gasteiger partial charge in [-0.05, 0) is 51.2 Å². The summed E-state index contributed by atoms with van der Waals surface area (Å²) in [4.78, 5) is 16.6. The zero-order valence-corrected chi connectivity index (χ0v) is 12.8. The first-order valence-electron chi connectivity index (χ1n) is 7.13. The number of hydrazine groups is 1. The molecule has 21 heavy (non-hydrogen) atoms. The Morgan fingerprint density at radius 2 is 2.24 bits per heavy atom. The molecule has 0 radical (unpaired) electrons. The number of hydrogen-bond acceptors (Lipinski definition) is 5. The van der Waals surface area contributed by atoms with Crippen molar-refractivity contribution in [3.63, 3.8) is 0 Å². The zero-order valence-electron chi connectivity index (χ0n) is 12.8. The number of rotatable bonds is 4. The molecular formula is C15H24N4O2. The van der Waals surface area contributed by atoms with Gasteiger partial charge in [-0.25, -0.2) is 0 Å². The molecule has 116 valence electrons. The molecule has 6 nitrogen and oxygen atoms in total. The summed E-state index contributed by atoms with van der Waals surface area (Å²) in [5, 5.41) is 9.89. The number of amides is 1. The number of nitrogens with one attached hydrogen (secondary N) is 1. The Morgan fingerprint density at radius 3 is 2.81 bits per heavy atom. The lowest BCUT2D eigenvalue weighted by Gasteiger charge is -2.27. The van der Waals surface area contributed by atoms with E-state index in [-0.39, 0.29) is 11.9 Å². The maximum Gasteiger partial charge on any atom is 0.254 e. The van der Waals surface area contributed by atoms with Gasteiger partial charge in [0.05, 0.1) is 6.10 Å². The number of aliphatic hydroxyl groups excluding tert-OH is 1. The molecule has 6 heteroatoms. The fraction of sp³-hybridized carbons (Fsp3) is 0.533. The van der Waals surface area contributed by atoms with Crippen LogP contribution in [0.3, 0.4) is 0 Å². The maximum atomic E-state index is 12.7. The molecule has 1 aromatic carbocycles. The molecule has 0 saturated carbocycles. The van der Waals surface area contributed by atoms with Gasteiger partial charge in [0.15, 0.2) is 0 Å². The number of benzene rings is 1. The van der Waals surface area contributed by atoms with Gasteiger partial charge in [0.2, 0.25) is 0 Å². The van der Waals surface area contributed by atoms with Crippen LogP contribution in [0.1, 0.15) is 22.3 Å². The van der Waals surface area contributed by atoms with E-state index in [1.165, 1.54) is 0 Å². The molecule has 1 fully saturated rings. The van der Waals surface area contributed by atoms with Crippen LogP contribution in [0.15, 0.2) is 18.2 Å². The van der Waals surface area contributed by atoms with E-state index >= 15 is 0 Å². The summed E-state index contributed by atoms with van der Waals surface area (Å²) in [5.41, 5.74) is 4.88. The summed E-state index contributed by atoms with van der Waals surface area (Å²) in [6.45, 7) is 3.04. The van der Waals surface area contributed by atoms with Crippen LogP contribution in [-0.4, -0.2) is 60.1 Å². The van der Waals surface area contributed by atoms with Crippen LogP contribution in [0.2, 0.25) is 0 Å². The van der Waals surface area contributed by atoms with Crippen molar-refractivity contribution in [1.82, 2.24) is 9.80 Å². The molecule has 1 amide bonds. The number of aliphatic hydroxyl groups is 1. The van der Waals surface area contributed by atoms with Crippen molar-refractivity contribution in [2.75, 3.05) is 32.6 Å². The van der Waals surface area contributed by atoms with E-state index in [9.17, 15) is 9.90 Å². The van der Waals surface area contributed by atoms with Gasteiger partial charge in [0, 0.05) is 30.4 Å². The molecule has 1 aliphatic rings. The molecule has 2 atom stereocenters. The minimum absolute atomic E-state index is 0.0283. The van der Waals surface area contributed by atoms with Crippen LogP contribution in [0, 0.1) is 6.92 Å². The minimum atomic E-state index is -0.441. The summed E-state index contributed by atoms with van der Waals surface area (Å²) in [6.07, 6.45) is 0.190. The van der Waals surface area contributed by atoms with Crippen LogP contribution in [0.4, 0.5) is 5.69 Å². The van der Waals surface area contributed by atoms with Gasteiger partial charge in [0.25, 0.3) is 5.91 Å². The van der Waals surface area contributed by atoms with Gasteiger partial charge in [0.1, 0.15) is 0 Å². The van der Waals surface area contributed by atoms with Crippen molar-refractivity contribution >= 4 is 11.6 Å². The average Bonchev–Trinajstić information content (AvgIpc) is 2.77. The number of likely N-dealkylation sites (N-methyl/N-ethyl adjacent to an activating group) is 1. The van der Waals surface area contributed by atoms with Crippen LogP contribution in [0.5, 0.6) is 0 Å². The Kier molecular flexibility index (Phi) is 4.82. The average molecular weight is 292 g/mol. The highest BCUT2D eigenvalue weighted by molar-refractivity contribution is 5.96. The summed E-state index contributed by atoms with van der Waals surface area (Å²) in [5.74, 6) is 5.35. The first kappa shape index (κ1) is 15.8. The smallest absolute Gasteiger partial charge is 0.254 e. The lowest BCUT2D eigenvalue weighted by atomic mass is 10.1. The Bertz CT molecular complexity index is 518. The first-order chi connectivity index (χ1) is 9.92. The Labute approximate surface area is 125 Å². The van der Waals surface area contributed by atoms with Gasteiger partial charge >= 0.3 is 0 Å². The van der Waals surface area contributed by atoms with Crippen molar-refractivity contribution in [1.29, 1.82) is 0 Å². The second-order valence-corrected chi connectivity index (χ2v) is 5.94. The Morgan fingerprint density at radius 1 is 1.52 bits per heavy atom. The number of carbonyl (C=O) groups is 1. The van der Waals surface area contributed by atoms with E-state index in [1.54, 1.807) is 17.0 Å². The molecule has 4 N–H and O–H groups in total. The van der Waals surface area contributed by atoms with E-state index < -0.39 is 6.10 Å². The van der Waals surface area contributed by atoms with Crippen LogP contribution >= 0.6 is 0 Å². The highest BCUT2D eigenvalue weighted by Gasteiger charge is 2.35. The van der Waals surface area contributed by atoms with E-state index in [0.717, 1.165) is 17.8 Å². The van der Waals surface area contributed by atoms with Crippen molar-refractivity contribution in [2.45, 2.75) is 25.5 Å². The molecular weight excluding hydrogens is 268 g/mol. The topological polar surface area (TPSA) is 81.8 Å². The van der Waals surface area contributed by atoms with E-state index in [4.69, 9.17) is 5.84 Å². The number of nitrogens with two attached hydrogens (primary N) is 1. The van der Waals surface area contributed by atoms with Crippen LogP contribution in [0.25, 0.3) is 0 Å². The molecule has 2 rings (SSSR count). The number of carbonyl (C=O) groups excluding carboxylic acids is 1. The van der Waals surface area contributed by atoms with Gasteiger partial charge in [-0.2, -0.15) is 0 Å². The Balaban J connectivity index is 2.21. The predicted molar refractivity (Wildman–Crippen MR) is 83.0 cm³/mol. The van der Waals surface area contributed by atoms with Crippen molar-refractivity contribution < 1.29 is 9.90 Å². The molecule has 0 aliphatic carbocycles. The number of hydrogen-bond donors (Lipinski definition) is 3. The lowest BCUT2D eigenvalue weighted by Crippen LogP contribution is -2.41. The number of nitrogen functional groups attached to an aromatic ring is 1. The van der Waals surface area contributed by atoms with Crippen molar-refractivity contribution in [3.8, 4) is 0 Å². The molecule has 1 aliphatic heterocycles. The third kappa shape index (κ3) is 3.53. The normalized spacial score (nSPS) is 21.9. The second kappa shape index (κ2) is 6.43. The first-order valence-corrected chi connectivity index (χ1v) is 7.13. The third-order valence-electron chi connectivity index (χ3n) is 3.85. The SMILES string of the molecule is Cc1cc(NN)ccc1C(=O)N1CC(O)CC1CN(C)C. The second-order valence-electron chi connectivity index (χ2n) is 5.94. The molecule has 2 unspecified atom stereocenters. The largest absolute Gasteiger partial charge is 0.391 e. The number of nitrogens with zero attached hydrogens (tertiary/aromatic N) is 2. The highest BCUT2D eigenvalue weighted by Crippen LogP contribution is 2.23. The quantitative estimate of drug-likeness (QED) is 0.553. The van der Waals surface area contributed by atoms with Gasteiger partial charge < -0.3 is 20.3 Å². The van der Waals surface area contributed by atoms with Gasteiger partial charge in [-0.3, -0.25) is 10.6 Å². The Hall–Kier alpha value is -1.63. The van der Waals surface area contributed by atoms with E-state index in [1.807, 2.05) is 32.0 Å². The van der Waals surface area contributed by atoms with Gasteiger partial charge in [-0.1, -0.05) is 0 Å². The standard InChI is InChI=1S/C15H24N4O2/c1-10-6-11(17-16)4-5-14(10)15(21)19-9-13(20)7-12(19)8-18(2)3/h4-6,12-13,17,20H,7-9,16H2,1-3H3. The van der Waals surface area contributed by atoms with E-state index in [2.05, 4.69) is 5.43 Å². The molecule has 1 heterocycles. The summed E-state index contributed by atoms with van der Waals surface area (Å²) in [6, 6.07) is 5.47. The number of likely N-dealkylation sites (tertiary alicyclic amines) is 1. The molecule has 1 aromatic rings. The van der Waals surface area contributed by atoms with Crippen molar-refractivity contribution in [3.05, 3.63) is 29.3 Å².